The Bertz CT molecular complexity index is 168. The number of ether oxygens (including phenoxy) is 2. The third-order valence-electron chi connectivity index (χ3n) is 1.61. The number of unbranched alkanes of at least 4 members (excludes halogenated alkanes) is 1. The molecular formula is C10H18O4. The zero-order valence-electron chi connectivity index (χ0n) is 8.57. The van der Waals surface area contributed by atoms with Gasteiger partial charge in [-0.3, -0.25) is 0 Å². The fourth-order valence-corrected chi connectivity index (χ4v) is 0.912. The Morgan fingerprint density at radius 1 is 1.64 bits per heavy atom. The van der Waals surface area contributed by atoms with E-state index >= 15 is 0 Å². The Kier molecular flexibility index (Phi) is 8.17. The number of allylic oxidation sites excluding steroid dienone is 1. The number of hydrogen-bond acceptors (Lipinski definition) is 3. The van der Waals surface area contributed by atoms with Crippen LogP contribution in [0, 0.1) is 0 Å². The Hall–Kier alpha value is -0.870. The molecule has 0 aromatic rings. The molecule has 1 N–H and O–H groups in total. The first-order valence-electron chi connectivity index (χ1n) is 4.75. The summed E-state index contributed by atoms with van der Waals surface area (Å²) in [5.74, 6) is -0.976. The van der Waals surface area contributed by atoms with E-state index in [1.165, 1.54) is 0 Å². The van der Waals surface area contributed by atoms with Gasteiger partial charge in [0.1, 0.15) is 0 Å². The summed E-state index contributed by atoms with van der Waals surface area (Å²) in [4.78, 5) is 10.6. The number of carbonyl (C=O) groups is 1. The van der Waals surface area contributed by atoms with E-state index in [9.17, 15) is 4.79 Å². The Labute approximate surface area is 84.5 Å². The van der Waals surface area contributed by atoms with Gasteiger partial charge >= 0.3 is 5.97 Å². The van der Waals surface area contributed by atoms with Gasteiger partial charge in [-0.2, -0.15) is 0 Å². The van der Waals surface area contributed by atoms with Crippen molar-refractivity contribution in [2.24, 2.45) is 0 Å². The second-order valence-electron chi connectivity index (χ2n) is 2.79. The lowest BCUT2D eigenvalue weighted by Gasteiger charge is -2.12. The summed E-state index contributed by atoms with van der Waals surface area (Å²) in [6.45, 7) is 6.37. The van der Waals surface area contributed by atoms with Crippen LogP contribution in [0.15, 0.2) is 12.7 Å². The average Bonchev–Trinajstić information content (AvgIpc) is 2.15. The third kappa shape index (κ3) is 6.62. The SMILES string of the molecule is C=CCCCOCC(OCC)C(=O)O. The average molecular weight is 202 g/mol. The number of carboxylic acid groups (broad SMARTS) is 1. The van der Waals surface area contributed by atoms with E-state index in [1.54, 1.807) is 13.0 Å². The van der Waals surface area contributed by atoms with Crippen LogP contribution in [0.5, 0.6) is 0 Å². The molecule has 4 heteroatoms. The second kappa shape index (κ2) is 8.72. The van der Waals surface area contributed by atoms with Gasteiger partial charge in [0.25, 0.3) is 0 Å². The van der Waals surface area contributed by atoms with Crippen LogP contribution in [0.3, 0.4) is 0 Å². The summed E-state index contributed by atoms with van der Waals surface area (Å²) >= 11 is 0. The highest BCUT2D eigenvalue weighted by Gasteiger charge is 2.16. The summed E-state index contributed by atoms with van der Waals surface area (Å²) in [6.07, 6.45) is 2.71. The second-order valence-corrected chi connectivity index (χ2v) is 2.79. The molecule has 0 aliphatic heterocycles. The maximum absolute atomic E-state index is 10.6. The minimum absolute atomic E-state index is 0.111. The highest BCUT2D eigenvalue weighted by atomic mass is 16.5. The molecular weight excluding hydrogens is 184 g/mol. The van der Waals surface area contributed by atoms with Gasteiger partial charge in [-0.05, 0) is 19.8 Å². The molecule has 0 aromatic heterocycles. The minimum atomic E-state index is -0.976. The van der Waals surface area contributed by atoms with Crippen molar-refractivity contribution in [1.82, 2.24) is 0 Å². The van der Waals surface area contributed by atoms with E-state index in [2.05, 4.69) is 6.58 Å². The van der Waals surface area contributed by atoms with Crippen LogP contribution in [0.1, 0.15) is 19.8 Å². The fraction of sp³-hybridized carbons (Fsp3) is 0.700. The summed E-state index contributed by atoms with van der Waals surface area (Å²) in [5, 5.41) is 8.69. The molecule has 82 valence electrons. The molecule has 0 heterocycles. The molecule has 0 saturated carbocycles. The highest BCUT2D eigenvalue weighted by Crippen LogP contribution is 1.96. The monoisotopic (exact) mass is 202 g/mol. The van der Waals surface area contributed by atoms with Crippen LogP contribution in [-0.4, -0.2) is 37.0 Å². The number of aliphatic carboxylic acids is 1. The van der Waals surface area contributed by atoms with Crippen LogP contribution in [0.2, 0.25) is 0 Å². The molecule has 0 aromatic carbocycles. The van der Waals surface area contributed by atoms with Crippen molar-refractivity contribution in [2.75, 3.05) is 19.8 Å². The first-order chi connectivity index (χ1) is 6.72. The van der Waals surface area contributed by atoms with Crippen molar-refractivity contribution in [3.05, 3.63) is 12.7 Å². The molecule has 0 fully saturated rings. The number of hydrogen-bond donors (Lipinski definition) is 1. The maximum atomic E-state index is 10.6. The number of carboxylic acids is 1. The van der Waals surface area contributed by atoms with Crippen LogP contribution < -0.4 is 0 Å². The number of rotatable bonds is 9. The maximum Gasteiger partial charge on any atom is 0.335 e. The van der Waals surface area contributed by atoms with Crippen molar-refractivity contribution >= 4 is 5.97 Å². The largest absolute Gasteiger partial charge is 0.479 e. The molecule has 0 saturated heterocycles. The van der Waals surface area contributed by atoms with E-state index in [-0.39, 0.29) is 6.61 Å². The van der Waals surface area contributed by atoms with Crippen molar-refractivity contribution < 1.29 is 19.4 Å². The lowest BCUT2D eigenvalue weighted by Crippen LogP contribution is -2.29. The van der Waals surface area contributed by atoms with Crippen molar-refractivity contribution in [3.63, 3.8) is 0 Å². The molecule has 0 spiro atoms. The van der Waals surface area contributed by atoms with Crippen LogP contribution >= 0.6 is 0 Å². The van der Waals surface area contributed by atoms with Gasteiger partial charge < -0.3 is 14.6 Å². The predicted octanol–water partition coefficient (Wildman–Crippen LogP) is 1.46. The molecule has 0 bridgehead atoms. The lowest BCUT2D eigenvalue weighted by molar-refractivity contribution is -0.154. The fourth-order valence-electron chi connectivity index (χ4n) is 0.912. The summed E-state index contributed by atoms with van der Waals surface area (Å²) in [6, 6.07) is 0. The zero-order valence-corrected chi connectivity index (χ0v) is 8.57. The molecule has 0 aliphatic carbocycles. The van der Waals surface area contributed by atoms with E-state index < -0.39 is 12.1 Å². The first-order valence-corrected chi connectivity index (χ1v) is 4.75. The van der Waals surface area contributed by atoms with Gasteiger partial charge in [-0.25, -0.2) is 4.79 Å². The van der Waals surface area contributed by atoms with Crippen LogP contribution in [0.25, 0.3) is 0 Å². The third-order valence-corrected chi connectivity index (χ3v) is 1.61. The van der Waals surface area contributed by atoms with Gasteiger partial charge in [0.15, 0.2) is 6.10 Å². The first kappa shape index (κ1) is 13.1. The van der Waals surface area contributed by atoms with Gasteiger partial charge in [0.05, 0.1) is 6.61 Å². The Morgan fingerprint density at radius 3 is 2.86 bits per heavy atom. The summed E-state index contributed by atoms with van der Waals surface area (Å²) < 4.78 is 10.1. The van der Waals surface area contributed by atoms with Gasteiger partial charge in [0.2, 0.25) is 0 Å². The summed E-state index contributed by atoms with van der Waals surface area (Å²) in [7, 11) is 0. The smallest absolute Gasteiger partial charge is 0.335 e. The lowest BCUT2D eigenvalue weighted by atomic mass is 10.3. The predicted molar refractivity (Wildman–Crippen MR) is 53.3 cm³/mol. The van der Waals surface area contributed by atoms with Crippen molar-refractivity contribution in [2.45, 2.75) is 25.9 Å². The summed E-state index contributed by atoms with van der Waals surface area (Å²) in [5.41, 5.74) is 0. The van der Waals surface area contributed by atoms with Crippen molar-refractivity contribution in [1.29, 1.82) is 0 Å². The Morgan fingerprint density at radius 2 is 2.36 bits per heavy atom. The van der Waals surface area contributed by atoms with Crippen LogP contribution in [-0.2, 0) is 14.3 Å². The van der Waals surface area contributed by atoms with Gasteiger partial charge in [-0.1, -0.05) is 6.08 Å². The standard InChI is InChI=1S/C10H18O4/c1-3-5-6-7-13-8-9(10(11)12)14-4-2/h3,9H,1,4-8H2,2H3,(H,11,12). The van der Waals surface area contributed by atoms with Gasteiger partial charge in [-0.15, -0.1) is 6.58 Å². The Balaban J connectivity index is 3.50. The quantitative estimate of drug-likeness (QED) is 0.454. The van der Waals surface area contributed by atoms with Gasteiger partial charge in [0, 0.05) is 13.2 Å². The molecule has 0 rings (SSSR count). The van der Waals surface area contributed by atoms with E-state index in [1.807, 2.05) is 0 Å². The normalized spacial score (nSPS) is 12.4. The molecule has 0 amide bonds. The van der Waals surface area contributed by atoms with E-state index in [0.717, 1.165) is 12.8 Å². The molecule has 14 heavy (non-hydrogen) atoms. The van der Waals surface area contributed by atoms with Crippen LogP contribution in [0.4, 0.5) is 0 Å². The topological polar surface area (TPSA) is 55.8 Å². The minimum Gasteiger partial charge on any atom is -0.479 e. The molecule has 0 aliphatic rings. The molecule has 1 unspecified atom stereocenters. The molecule has 4 nitrogen and oxygen atoms in total. The molecule has 1 atom stereocenters. The van der Waals surface area contributed by atoms with E-state index in [0.29, 0.717) is 13.2 Å². The zero-order chi connectivity index (χ0) is 10.8. The molecule has 0 radical (unpaired) electrons. The van der Waals surface area contributed by atoms with Crippen molar-refractivity contribution in [3.8, 4) is 0 Å². The van der Waals surface area contributed by atoms with E-state index in [4.69, 9.17) is 14.6 Å². The highest BCUT2D eigenvalue weighted by molar-refractivity contribution is 5.72.